The summed E-state index contributed by atoms with van der Waals surface area (Å²) in [6.45, 7) is 0. The lowest BCUT2D eigenvalue weighted by molar-refractivity contribution is 0.0931. The summed E-state index contributed by atoms with van der Waals surface area (Å²) in [5.41, 5.74) is 1.78. The van der Waals surface area contributed by atoms with Crippen LogP contribution in [0.25, 0.3) is 0 Å². The largest absolute Gasteiger partial charge is 0.345 e. The average Bonchev–Trinajstić information content (AvgIpc) is 3.31. The van der Waals surface area contributed by atoms with Gasteiger partial charge in [0.15, 0.2) is 0 Å². The number of halogens is 2. The fraction of sp³-hybridized carbons (Fsp3) is 0.235. The minimum absolute atomic E-state index is 0.0469. The maximum atomic E-state index is 12.5. The summed E-state index contributed by atoms with van der Waals surface area (Å²) < 4.78 is 0.813. The lowest BCUT2D eigenvalue weighted by Crippen LogP contribution is -2.30. The van der Waals surface area contributed by atoms with Gasteiger partial charge in [0, 0.05) is 9.50 Å². The molecule has 1 atom stereocenters. The van der Waals surface area contributed by atoms with Crippen LogP contribution in [0.1, 0.15) is 34.8 Å². The first kappa shape index (κ1) is 14.6. The summed E-state index contributed by atoms with van der Waals surface area (Å²) in [6.07, 6.45) is 2.31. The zero-order valence-corrected chi connectivity index (χ0v) is 13.7. The first-order valence-electron chi connectivity index (χ1n) is 6.96. The molecule has 1 amide bonds. The Labute approximate surface area is 137 Å². The Morgan fingerprint density at radius 2 is 1.81 bits per heavy atom. The molecule has 108 valence electrons. The van der Waals surface area contributed by atoms with Crippen LogP contribution in [-0.4, -0.2) is 5.91 Å². The van der Waals surface area contributed by atoms with Crippen molar-refractivity contribution in [1.82, 2.24) is 5.32 Å². The highest BCUT2D eigenvalue weighted by atomic mass is 79.9. The number of benzene rings is 2. The quantitative estimate of drug-likeness (QED) is 0.814. The van der Waals surface area contributed by atoms with Crippen LogP contribution in [0.3, 0.4) is 0 Å². The molecule has 0 saturated heterocycles. The molecule has 1 aliphatic rings. The molecule has 2 nitrogen and oxygen atoms in total. The molecule has 2 aromatic carbocycles. The first-order chi connectivity index (χ1) is 10.1. The molecule has 2 aromatic rings. The SMILES string of the molecule is O=C(N[C@H](c1ccc(Cl)cc1)C1CC1)c1ccccc1Br. The van der Waals surface area contributed by atoms with Crippen LogP contribution in [0.5, 0.6) is 0 Å². The lowest BCUT2D eigenvalue weighted by Gasteiger charge is -2.19. The molecule has 0 spiro atoms. The van der Waals surface area contributed by atoms with Gasteiger partial charge in [-0.05, 0) is 64.5 Å². The van der Waals surface area contributed by atoms with Crippen molar-refractivity contribution in [2.75, 3.05) is 0 Å². The van der Waals surface area contributed by atoms with E-state index in [1.165, 1.54) is 0 Å². The van der Waals surface area contributed by atoms with Gasteiger partial charge in [-0.3, -0.25) is 4.79 Å². The van der Waals surface area contributed by atoms with Gasteiger partial charge in [0.05, 0.1) is 11.6 Å². The zero-order valence-electron chi connectivity index (χ0n) is 11.4. The summed E-state index contributed by atoms with van der Waals surface area (Å²) >= 11 is 9.37. The molecule has 1 saturated carbocycles. The van der Waals surface area contributed by atoms with E-state index in [2.05, 4.69) is 21.2 Å². The van der Waals surface area contributed by atoms with Crippen molar-refractivity contribution in [3.8, 4) is 0 Å². The normalized spacial score (nSPS) is 15.5. The highest BCUT2D eigenvalue weighted by Crippen LogP contribution is 2.41. The van der Waals surface area contributed by atoms with Crippen molar-refractivity contribution in [2.24, 2.45) is 5.92 Å². The van der Waals surface area contributed by atoms with Gasteiger partial charge in [-0.2, -0.15) is 0 Å². The van der Waals surface area contributed by atoms with Crippen LogP contribution < -0.4 is 5.32 Å². The minimum atomic E-state index is -0.0469. The van der Waals surface area contributed by atoms with Crippen LogP contribution in [0.4, 0.5) is 0 Å². The van der Waals surface area contributed by atoms with E-state index in [1.807, 2.05) is 48.5 Å². The summed E-state index contributed by atoms with van der Waals surface area (Å²) in [7, 11) is 0. The van der Waals surface area contributed by atoms with Crippen LogP contribution in [0.15, 0.2) is 53.0 Å². The van der Waals surface area contributed by atoms with E-state index in [-0.39, 0.29) is 11.9 Å². The van der Waals surface area contributed by atoms with E-state index in [9.17, 15) is 4.79 Å². The third-order valence-corrected chi connectivity index (χ3v) is 4.67. The van der Waals surface area contributed by atoms with Crippen LogP contribution in [0, 0.1) is 5.92 Å². The number of carbonyl (C=O) groups excluding carboxylic acids is 1. The van der Waals surface area contributed by atoms with Crippen molar-refractivity contribution in [2.45, 2.75) is 18.9 Å². The summed E-state index contributed by atoms with van der Waals surface area (Å²) in [5.74, 6) is 0.479. The number of amides is 1. The van der Waals surface area contributed by atoms with Gasteiger partial charge < -0.3 is 5.32 Å². The second-order valence-corrected chi connectivity index (χ2v) is 6.61. The molecule has 1 aliphatic carbocycles. The Kier molecular flexibility index (Phi) is 4.32. The van der Waals surface area contributed by atoms with Crippen molar-refractivity contribution < 1.29 is 4.79 Å². The van der Waals surface area contributed by atoms with E-state index < -0.39 is 0 Å². The molecule has 0 aromatic heterocycles. The summed E-state index contributed by atoms with van der Waals surface area (Å²) in [6, 6.07) is 15.3. The summed E-state index contributed by atoms with van der Waals surface area (Å²) in [4.78, 5) is 12.5. The molecule has 3 rings (SSSR count). The van der Waals surface area contributed by atoms with E-state index in [1.54, 1.807) is 0 Å². The first-order valence-corrected chi connectivity index (χ1v) is 8.13. The molecule has 4 heteroatoms. The predicted molar refractivity (Wildman–Crippen MR) is 88.5 cm³/mol. The number of nitrogens with one attached hydrogen (secondary N) is 1. The Bertz CT molecular complexity index is 652. The smallest absolute Gasteiger partial charge is 0.252 e. The monoisotopic (exact) mass is 363 g/mol. The molecule has 21 heavy (non-hydrogen) atoms. The fourth-order valence-electron chi connectivity index (χ4n) is 2.44. The molecule has 0 aliphatic heterocycles. The van der Waals surface area contributed by atoms with Crippen LogP contribution in [0.2, 0.25) is 5.02 Å². The number of carbonyl (C=O) groups is 1. The van der Waals surface area contributed by atoms with Crippen molar-refractivity contribution >= 4 is 33.4 Å². The van der Waals surface area contributed by atoms with Gasteiger partial charge in [-0.15, -0.1) is 0 Å². The molecule has 0 radical (unpaired) electrons. The second kappa shape index (κ2) is 6.20. The molecular weight excluding hydrogens is 350 g/mol. The number of hydrogen-bond acceptors (Lipinski definition) is 1. The third-order valence-electron chi connectivity index (χ3n) is 3.73. The molecular formula is C17H15BrClNO. The Balaban J connectivity index is 1.81. The fourth-order valence-corrected chi connectivity index (χ4v) is 3.03. The van der Waals surface area contributed by atoms with E-state index in [0.29, 0.717) is 16.5 Å². The van der Waals surface area contributed by atoms with Gasteiger partial charge in [0.1, 0.15) is 0 Å². The molecule has 0 heterocycles. The van der Waals surface area contributed by atoms with Crippen LogP contribution in [-0.2, 0) is 0 Å². The Hall–Kier alpha value is -1.32. The van der Waals surface area contributed by atoms with Crippen LogP contribution >= 0.6 is 27.5 Å². The van der Waals surface area contributed by atoms with Gasteiger partial charge in [-0.25, -0.2) is 0 Å². The Morgan fingerprint density at radius 3 is 2.43 bits per heavy atom. The second-order valence-electron chi connectivity index (χ2n) is 5.32. The summed E-state index contributed by atoms with van der Waals surface area (Å²) in [5, 5.41) is 3.87. The standard InChI is InChI=1S/C17H15BrClNO/c18-15-4-2-1-3-14(15)17(21)20-16(11-5-6-11)12-7-9-13(19)10-8-12/h1-4,7-11,16H,5-6H2,(H,20,21)/t16-/m0/s1. The molecule has 0 unspecified atom stereocenters. The van der Waals surface area contributed by atoms with Gasteiger partial charge >= 0.3 is 0 Å². The maximum Gasteiger partial charge on any atom is 0.252 e. The predicted octanol–water partition coefficient (Wildman–Crippen LogP) is 4.98. The van der Waals surface area contributed by atoms with E-state index in [0.717, 1.165) is 22.9 Å². The zero-order chi connectivity index (χ0) is 14.8. The van der Waals surface area contributed by atoms with E-state index in [4.69, 9.17) is 11.6 Å². The van der Waals surface area contributed by atoms with Gasteiger partial charge in [0.25, 0.3) is 5.91 Å². The van der Waals surface area contributed by atoms with E-state index >= 15 is 0 Å². The molecule has 1 fully saturated rings. The molecule has 0 bridgehead atoms. The lowest BCUT2D eigenvalue weighted by atomic mass is 10.0. The van der Waals surface area contributed by atoms with Crippen molar-refractivity contribution in [3.63, 3.8) is 0 Å². The van der Waals surface area contributed by atoms with Crippen molar-refractivity contribution in [1.29, 1.82) is 0 Å². The highest BCUT2D eigenvalue weighted by Gasteiger charge is 2.33. The van der Waals surface area contributed by atoms with Gasteiger partial charge in [0.2, 0.25) is 0 Å². The topological polar surface area (TPSA) is 29.1 Å². The number of rotatable bonds is 4. The molecule has 1 N–H and O–H groups in total. The third kappa shape index (κ3) is 3.47. The van der Waals surface area contributed by atoms with Gasteiger partial charge in [-0.1, -0.05) is 35.9 Å². The average molecular weight is 365 g/mol. The van der Waals surface area contributed by atoms with Crippen molar-refractivity contribution in [3.05, 3.63) is 69.2 Å². The highest BCUT2D eigenvalue weighted by molar-refractivity contribution is 9.10. The minimum Gasteiger partial charge on any atom is -0.345 e. The number of hydrogen-bond donors (Lipinski definition) is 1. The Morgan fingerprint density at radius 1 is 1.14 bits per heavy atom. The maximum absolute atomic E-state index is 12.5.